The Balaban J connectivity index is 2.51. The van der Waals surface area contributed by atoms with Gasteiger partial charge in [-0.1, -0.05) is 0 Å². The maximum Gasteiger partial charge on any atom is 0.337 e. The topological polar surface area (TPSA) is 99.8 Å². The molecular weight excluding hydrogens is 202 g/mol. The Labute approximate surface area is 85.5 Å². The van der Waals surface area contributed by atoms with E-state index in [0.717, 1.165) is 6.92 Å². The van der Waals surface area contributed by atoms with Crippen LogP contribution in [-0.4, -0.2) is 34.2 Å². The van der Waals surface area contributed by atoms with E-state index in [1.54, 1.807) is 0 Å². The van der Waals surface area contributed by atoms with E-state index in [4.69, 9.17) is 9.52 Å². The van der Waals surface area contributed by atoms with Crippen LogP contribution in [0.1, 0.15) is 17.5 Å². The van der Waals surface area contributed by atoms with Crippen molar-refractivity contribution in [2.75, 3.05) is 6.54 Å². The molecule has 0 fully saturated rings. The van der Waals surface area contributed by atoms with E-state index in [9.17, 15) is 14.7 Å². The molecule has 15 heavy (non-hydrogen) atoms. The van der Waals surface area contributed by atoms with Crippen molar-refractivity contribution in [3.63, 3.8) is 0 Å². The van der Waals surface area contributed by atoms with Gasteiger partial charge >= 0.3 is 5.97 Å². The lowest BCUT2D eigenvalue weighted by atomic mass is 10.1. The number of carboxylic acids is 1. The number of carbonyl (C=O) groups is 2. The molecule has 1 rings (SSSR count). The van der Waals surface area contributed by atoms with Crippen LogP contribution in [-0.2, 0) is 4.79 Å². The summed E-state index contributed by atoms with van der Waals surface area (Å²) >= 11 is 0. The molecule has 0 aliphatic carbocycles. The van der Waals surface area contributed by atoms with Crippen molar-refractivity contribution in [2.24, 2.45) is 0 Å². The smallest absolute Gasteiger partial charge is 0.337 e. The standard InChI is InChI=1S/C9H11NO5/c1-9(14,8(12)13)5-10-7(11)6-3-2-4-15-6/h2-4,14H,5H2,1H3,(H,10,11)(H,12,13). The van der Waals surface area contributed by atoms with Gasteiger partial charge in [0.1, 0.15) is 0 Å². The van der Waals surface area contributed by atoms with Crippen LogP contribution in [0.2, 0.25) is 0 Å². The fraction of sp³-hybridized carbons (Fsp3) is 0.333. The highest BCUT2D eigenvalue weighted by atomic mass is 16.4. The largest absolute Gasteiger partial charge is 0.479 e. The highest BCUT2D eigenvalue weighted by Crippen LogP contribution is 2.03. The van der Waals surface area contributed by atoms with Crippen LogP contribution in [0.3, 0.4) is 0 Å². The zero-order valence-electron chi connectivity index (χ0n) is 8.06. The summed E-state index contributed by atoms with van der Waals surface area (Å²) in [6, 6.07) is 2.97. The van der Waals surface area contributed by atoms with Gasteiger partial charge in [-0.15, -0.1) is 0 Å². The number of furan rings is 1. The first-order chi connectivity index (χ1) is 6.93. The van der Waals surface area contributed by atoms with Crippen LogP contribution < -0.4 is 5.32 Å². The molecule has 82 valence electrons. The van der Waals surface area contributed by atoms with E-state index in [0.29, 0.717) is 0 Å². The Morgan fingerprint density at radius 3 is 2.73 bits per heavy atom. The third-order valence-corrected chi connectivity index (χ3v) is 1.80. The molecular formula is C9H11NO5. The molecule has 1 aromatic heterocycles. The maximum atomic E-state index is 11.3. The number of hydrogen-bond donors (Lipinski definition) is 3. The number of nitrogens with one attached hydrogen (secondary N) is 1. The van der Waals surface area contributed by atoms with Crippen LogP contribution >= 0.6 is 0 Å². The lowest BCUT2D eigenvalue weighted by molar-refractivity contribution is -0.155. The first-order valence-corrected chi connectivity index (χ1v) is 4.21. The molecule has 1 unspecified atom stereocenters. The molecule has 0 aromatic carbocycles. The lowest BCUT2D eigenvalue weighted by Crippen LogP contribution is -2.46. The minimum atomic E-state index is -1.98. The number of hydrogen-bond acceptors (Lipinski definition) is 4. The van der Waals surface area contributed by atoms with Crippen molar-refractivity contribution in [3.8, 4) is 0 Å². The Morgan fingerprint density at radius 1 is 1.60 bits per heavy atom. The summed E-state index contributed by atoms with van der Waals surface area (Å²) < 4.78 is 4.78. The monoisotopic (exact) mass is 213 g/mol. The normalized spacial score (nSPS) is 14.3. The molecule has 0 radical (unpaired) electrons. The fourth-order valence-electron chi connectivity index (χ4n) is 0.823. The SMILES string of the molecule is CC(O)(CNC(=O)c1ccco1)C(=O)O. The Hall–Kier alpha value is -1.82. The molecule has 1 aromatic rings. The molecule has 0 aliphatic rings. The zero-order valence-corrected chi connectivity index (χ0v) is 8.06. The van der Waals surface area contributed by atoms with E-state index in [1.807, 2.05) is 0 Å². The summed E-state index contributed by atoms with van der Waals surface area (Å²) in [5, 5.41) is 20.1. The van der Waals surface area contributed by atoms with E-state index in [1.165, 1.54) is 18.4 Å². The van der Waals surface area contributed by atoms with Crippen molar-refractivity contribution in [1.29, 1.82) is 0 Å². The molecule has 0 aliphatic heterocycles. The second-order valence-electron chi connectivity index (χ2n) is 3.24. The lowest BCUT2D eigenvalue weighted by Gasteiger charge is -2.17. The van der Waals surface area contributed by atoms with Crippen LogP contribution in [0.4, 0.5) is 0 Å². The fourth-order valence-corrected chi connectivity index (χ4v) is 0.823. The van der Waals surface area contributed by atoms with Gasteiger partial charge in [0.15, 0.2) is 11.4 Å². The first-order valence-electron chi connectivity index (χ1n) is 4.21. The molecule has 1 atom stereocenters. The van der Waals surface area contributed by atoms with E-state index in [-0.39, 0.29) is 12.3 Å². The van der Waals surface area contributed by atoms with Crippen LogP contribution in [0.25, 0.3) is 0 Å². The van der Waals surface area contributed by atoms with Gasteiger partial charge in [0, 0.05) is 0 Å². The predicted molar refractivity (Wildman–Crippen MR) is 49.3 cm³/mol. The molecule has 0 saturated heterocycles. The van der Waals surface area contributed by atoms with E-state index < -0.39 is 17.5 Å². The molecule has 1 amide bonds. The summed E-state index contributed by atoms with van der Waals surface area (Å²) in [6.07, 6.45) is 1.32. The Kier molecular flexibility index (Phi) is 3.11. The molecule has 0 spiro atoms. The Bertz CT molecular complexity index is 355. The molecule has 6 nitrogen and oxygen atoms in total. The number of amides is 1. The van der Waals surface area contributed by atoms with Gasteiger partial charge in [-0.3, -0.25) is 4.79 Å². The number of rotatable bonds is 4. The molecule has 1 heterocycles. The second-order valence-corrected chi connectivity index (χ2v) is 3.24. The molecule has 3 N–H and O–H groups in total. The first kappa shape index (κ1) is 11.3. The molecule has 0 saturated carbocycles. The van der Waals surface area contributed by atoms with Gasteiger partial charge in [-0.25, -0.2) is 4.79 Å². The molecule has 0 bridgehead atoms. The van der Waals surface area contributed by atoms with Gasteiger partial charge in [-0.05, 0) is 19.1 Å². The van der Waals surface area contributed by atoms with Gasteiger partial charge in [0.05, 0.1) is 12.8 Å². The highest BCUT2D eigenvalue weighted by molar-refractivity contribution is 5.91. The minimum Gasteiger partial charge on any atom is -0.479 e. The van der Waals surface area contributed by atoms with Gasteiger partial charge in [0.25, 0.3) is 5.91 Å². The maximum absolute atomic E-state index is 11.3. The molecule has 6 heteroatoms. The van der Waals surface area contributed by atoms with Gasteiger partial charge in [-0.2, -0.15) is 0 Å². The summed E-state index contributed by atoms with van der Waals surface area (Å²) in [5.74, 6) is -1.90. The van der Waals surface area contributed by atoms with Crippen LogP contribution in [0, 0.1) is 0 Å². The van der Waals surface area contributed by atoms with E-state index in [2.05, 4.69) is 5.32 Å². The van der Waals surface area contributed by atoms with E-state index >= 15 is 0 Å². The summed E-state index contributed by atoms with van der Waals surface area (Å²) in [6.45, 7) is 0.708. The quantitative estimate of drug-likeness (QED) is 0.645. The average molecular weight is 213 g/mol. The minimum absolute atomic E-state index is 0.0659. The van der Waals surface area contributed by atoms with Gasteiger partial charge in [0.2, 0.25) is 0 Å². The van der Waals surface area contributed by atoms with Gasteiger partial charge < -0.3 is 19.9 Å². The Morgan fingerprint density at radius 2 is 2.27 bits per heavy atom. The van der Waals surface area contributed by atoms with Crippen molar-refractivity contribution in [3.05, 3.63) is 24.2 Å². The highest BCUT2D eigenvalue weighted by Gasteiger charge is 2.30. The predicted octanol–water partition coefficient (Wildman–Crippen LogP) is -0.155. The van der Waals surface area contributed by atoms with Crippen molar-refractivity contribution in [1.82, 2.24) is 5.32 Å². The number of aliphatic carboxylic acids is 1. The van der Waals surface area contributed by atoms with Crippen LogP contribution in [0.15, 0.2) is 22.8 Å². The third kappa shape index (κ3) is 2.81. The number of carbonyl (C=O) groups excluding carboxylic acids is 1. The second kappa shape index (κ2) is 4.14. The zero-order chi connectivity index (χ0) is 11.5. The number of carboxylic acid groups (broad SMARTS) is 1. The number of aliphatic hydroxyl groups is 1. The third-order valence-electron chi connectivity index (χ3n) is 1.80. The summed E-state index contributed by atoms with van der Waals surface area (Å²) in [7, 11) is 0. The van der Waals surface area contributed by atoms with Crippen LogP contribution in [0.5, 0.6) is 0 Å². The average Bonchev–Trinajstić information content (AvgIpc) is 2.66. The summed E-state index contributed by atoms with van der Waals surface area (Å²) in [4.78, 5) is 21.8. The van der Waals surface area contributed by atoms with Crippen molar-refractivity contribution in [2.45, 2.75) is 12.5 Å². The van der Waals surface area contributed by atoms with Crippen molar-refractivity contribution >= 4 is 11.9 Å². The summed E-state index contributed by atoms with van der Waals surface area (Å²) in [5.41, 5.74) is -1.98. The van der Waals surface area contributed by atoms with Crippen molar-refractivity contribution < 1.29 is 24.2 Å².